The first kappa shape index (κ1) is 18.6. The third kappa shape index (κ3) is 2.20. The Balaban J connectivity index is 1.54. The third-order valence-electron chi connectivity index (χ3n) is 7.84. The maximum Gasteiger partial charge on any atom is 0.266 e. The molecule has 0 saturated carbocycles. The molecule has 6 aromatic carbocycles. The Hall–Kier alpha value is -4.70. The van der Waals surface area contributed by atoms with Crippen molar-refractivity contribution in [3.63, 3.8) is 0 Å². The lowest BCUT2D eigenvalue weighted by atomic mass is 9.33. The Morgan fingerprint density at radius 2 is 1.00 bits per heavy atom. The summed E-state index contributed by atoms with van der Waals surface area (Å²) in [6.45, 7) is 0.0443. The monoisotopic (exact) mass is 459 g/mol. The Bertz CT molecular complexity index is 1800. The molecule has 3 heterocycles. The molecule has 166 valence electrons. The van der Waals surface area contributed by atoms with Crippen LogP contribution in [0.3, 0.4) is 0 Å². The number of rotatable bonds is 1. The topological polar surface area (TPSA) is 21.7 Å². The smallest absolute Gasteiger partial charge is 0.266 e. The summed E-state index contributed by atoms with van der Waals surface area (Å²) < 4.78 is 13.2. The highest BCUT2D eigenvalue weighted by atomic mass is 16.5. The number of para-hydroxylation sites is 1. The quantitative estimate of drug-likeness (QED) is 0.262. The van der Waals surface area contributed by atoms with Crippen LogP contribution in [-0.4, -0.2) is 6.71 Å². The SMILES string of the molecule is c1ccc(N2c3c4c(cc5ccccc35)Oc3cccc5c3B4c3c(cc4ccccc4c32)O5)cc1. The van der Waals surface area contributed by atoms with Crippen molar-refractivity contribution in [1.82, 2.24) is 0 Å². The first-order chi connectivity index (χ1) is 17.9. The standard InChI is InChI=1S/C32H18BNO2/c1-2-11-21(12-3-1)34-31-22-13-6-4-9-19(22)17-26-29(31)33-28-24(35-26)15-8-16-25(28)36-27-18-20-10-5-7-14-23(20)32(34)30(27)33/h1-18H. The van der Waals surface area contributed by atoms with Crippen LogP contribution in [0.1, 0.15) is 0 Å². The number of nitrogens with zero attached hydrogens (tertiary/aromatic N) is 1. The Kier molecular flexibility index (Phi) is 3.36. The zero-order valence-electron chi connectivity index (χ0n) is 19.2. The van der Waals surface area contributed by atoms with Gasteiger partial charge in [-0.05, 0) is 58.1 Å². The van der Waals surface area contributed by atoms with Crippen LogP contribution in [0, 0.1) is 0 Å². The van der Waals surface area contributed by atoms with Crippen molar-refractivity contribution >= 4 is 61.7 Å². The van der Waals surface area contributed by atoms with Gasteiger partial charge in [0.05, 0.1) is 11.4 Å². The van der Waals surface area contributed by atoms with Crippen molar-refractivity contribution in [2.75, 3.05) is 4.90 Å². The molecule has 0 N–H and O–H groups in total. The predicted molar refractivity (Wildman–Crippen MR) is 147 cm³/mol. The fourth-order valence-electron chi connectivity index (χ4n) is 6.45. The van der Waals surface area contributed by atoms with Crippen molar-refractivity contribution in [1.29, 1.82) is 0 Å². The van der Waals surface area contributed by atoms with Crippen LogP contribution in [0.5, 0.6) is 23.0 Å². The third-order valence-corrected chi connectivity index (χ3v) is 7.84. The van der Waals surface area contributed by atoms with Gasteiger partial charge in [-0.2, -0.15) is 0 Å². The average Bonchev–Trinajstić information content (AvgIpc) is 2.93. The second-order valence-electron chi connectivity index (χ2n) is 9.69. The molecule has 36 heavy (non-hydrogen) atoms. The van der Waals surface area contributed by atoms with Gasteiger partial charge in [0, 0.05) is 21.9 Å². The predicted octanol–water partition coefficient (Wildman–Crippen LogP) is 6.50. The van der Waals surface area contributed by atoms with E-state index in [0.29, 0.717) is 0 Å². The van der Waals surface area contributed by atoms with Crippen molar-refractivity contribution < 1.29 is 9.47 Å². The van der Waals surface area contributed by atoms with Crippen molar-refractivity contribution in [2.45, 2.75) is 0 Å². The highest BCUT2D eigenvalue weighted by molar-refractivity contribution is 7.01. The Labute approximate surface area is 208 Å². The van der Waals surface area contributed by atoms with E-state index in [1.807, 2.05) is 6.07 Å². The van der Waals surface area contributed by atoms with E-state index in [1.54, 1.807) is 0 Å². The number of hydrogen-bond acceptors (Lipinski definition) is 3. The summed E-state index contributed by atoms with van der Waals surface area (Å²) >= 11 is 0. The molecule has 3 aliphatic rings. The molecule has 9 rings (SSSR count). The minimum absolute atomic E-state index is 0.0443. The van der Waals surface area contributed by atoms with E-state index >= 15 is 0 Å². The molecule has 0 spiro atoms. The number of fused-ring (bicyclic) bond motifs is 4. The summed E-state index contributed by atoms with van der Waals surface area (Å²) in [6, 6.07) is 38.5. The number of benzene rings is 6. The van der Waals surface area contributed by atoms with E-state index in [9.17, 15) is 0 Å². The van der Waals surface area contributed by atoms with Crippen LogP contribution in [0.15, 0.2) is 109 Å². The summed E-state index contributed by atoms with van der Waals surface area (Å²) in [4.78, 5) is 2.43. The summed E-state index contributed by atoms with van der Waals surface area (Å²) in [5.74, 6) is 3.60. The van der Waals surface area contributed by atoms with Crippen LogP contribution in [0.4, 0.5) is 17.1 Å². The first-order valence-corrected chi connectivity index (χ1v) is 12.3. The fraction of sp³-hybridized carbons (Fsp3) is 0. The molecule has 0 bridgehead atoms. The zero-order valence-corrected chi connectivity index (χ0v) is 19.2. The molecule has 0 atom stereocenters. The zero-order chi connectivity index (χ0) is 23.4. The van der Waals surface area contributed by atoms with Crippen LogP contribution in [0.2, 0.25) is 0 Å². The molecule has 0 amide bonds. The summed E-state index contributed by atoms with van der Waals surface area (Å²) in [5.41, 5.74) is 7.05. The van der Waals surface area contributed by atoms with Crippen LogP contribution in [-0.2, 0) is 0 Å². The van der Waals surface area contributed by atoms with Gasteiger partial charge in [0.1, 0.15) is 23.0 Å². The normalized spacial score (nSPS) is 13.9. The summed E-state index contributed by atoms with van der Waals surface area (Å²) in [6.07, 6.45) is 0. The van der Waals surface area contributed by atoms with E-state index in [0.717, 1.165) is 34.1 Å². The van der Waals surface area contributed by atoms with Crippen molar-refractivity contribution in [3.05, 3.63) is 109 Å². The van der Waals surface area contributed by atoms with Crippen LogP contribution >= 0.6 is 0 Å². The maximum absolute atomic E-state index is 6.62. The number of anilines is 3. The lowest BCUT2D eigenvalue weighted by Gasteiger charge is -2.44. The summed E-state index contributed by atoms with van der Waals surface area (Å²) in [7, 11) is 0. The molecule has 0 fully saturated rings. The van der Waals surface area contributed by atoms with E-state index in [-0.39, 0.29) is 6.71 Å². The minimum Gasteiger partial charge on any atom is -0.458 e. The molecule has 6 aromatic rings. The molecule has 0 radical (unpaired) electrons. The van der Waals surface area contributed by atoms with Crippen LogP contribution in [0.25, 0.3) is 21.5 Å². The average molecular weight is 459 g/mol. The molecule has 0 saturated heterocycles. The molecule has 3 aliphatic heterocycles. The summed E-state index contributed by atoms with van der Waals surface area (Å²) in [5, 5.41) is 4.78. The van der Waals surface area contributed by atoms with Gasteiger partial charge in [-0.3, -0.25) is 0 Å². The Morgan fingerprint density at radius 1 is 0.472 bits per heavy atom. The maximum atomic E-state index is 6.62. The highest BCUT2D eigenvalue weighted by Crippen LogP contribution is 2.50. The number of ether oxygens (including phenoxy) is 2. The molecular weight excluding hydrogens is 441 g/mol. The second kappa shape index (κ2) is 6.49. The van der Waals surface area contributed by atoms with Gasteiger partial charge >= 0.3 is 0 Å². The lowest BCUT2D eigenvalue weighted by molar-refractivity contribution is 0.465. The largest absolute Gasteiger partial charge is 0.458 e. The van der Waals surface area contributed by atoms with Gasteiger partial charge in [-0.25, -0.2) is 0 Å². The van der Waals surface area contributed by atoms with Crippen molar-refractivity contribution in [3.8, 4) is 23.0 Å². The Morgan fingerprint density at radius 3 is 1.58 bits per heavy atom. The molecular formula is C32H18BNO2. The highest BCUT2D eigenvalue weighted by Gasteiger charge is 2.48. The number of hydrogen-bond donors (Lipinski definition) is 0. The molecule has 4 heteroatoms. The van der Waals surface area contributed by atoms with Gasteiger partial charge in [-0.15, -0.1) is 0 Å². The minimum atomic E-state index is 0.0443. The lowest BCUT2D eigenvalue weighted by Crippen LogP contribution is -2.61. The second-order valence-corrected chi connectivity index (χ2v) is 9.69. The first-order valence-electron chi connectivity index (χ1n) is 12.3. The van der Waals surface area contributed by atoms with E-state index in [4.69, 9.17) is 9.47 Å². The van der Waals surface area contributed by atoms with E-state index in [2.05, 4.69) is 108 Å². The van der Waals surface area contributed by atoms with Gasteiger partial charge < -0.3 is 14.4 Å². The van der Waals surface area contributed by atoms with Gasteiger partial charge in [0.2, 0.25) is 0 Å². The van der Waals surface area contributed by atoms with Gasteiger partial charge in [0.15, 0.2) is 0 Å². The molecule has 0 aromatic heterocycles. The van der Waals surface area contributed by atoms with E-state index in [1.165, 1.54) is 43.8 Å². The fourth-order valence-corrected chi connectivity index (χ4v) is 6.45. The molecule has 0 unspecified atom stereocenters. The van der Waals surface area contributed by atoms with Gasteiger partial charge in [0.25, 0.3) is 6.71 Å². The molecule has 3 nitrogen and oxygen atoms in total. The van der Waals surface area contributed by atoms with Crippen LogP contribution < -0.4 is 30.8 Å². The molecule has 0 aliphatic carbocycles. The van der Waals surface area contributed by atoms with E-state index < -0.39 is 0 Å². The van der Waals surface area contributed by atoms with Gasteiger partial charge in [-0.1, -0.05) is 72.8 Å². The van der Waals surface area contributed by atoms with Crippen molar-refractivity contribution in [2.24, 2.45) is 0 Å².